The zero-order valence-electron chi connectivity index (χ0n) is 7.12. The lowest BCUT2D eigenvalue weighted by Crippen LogP contribution is -2.43. The largest absolute Gasteiger partial charge is 0.465 e. The topological polar surface area (TPSA) is 52.6 Å². The number of carboxylic acid groups (broad SMARTS) is 1. The van der Waals surface area contributed by atoms with Crippen molar-refractivity contribution >= 4 is 18.5 Å². The van der Waals surface area contributed by atoms with Crippen molar-refractivity contribution in [1.29, 1.82) is 0 Å². The molecule has 0 atom stereocenters. The lowest BCUT2D eigenvalue weighted by molar-refractivity contribution is 0.129. The van der Waals surface area contributed by atoms with E-state index in [-0.39, 0.29) is 18.4 Å². The third kappa shape index (κ3) is 2.87. The van der Waals surface area contributed by atoms with Gasteiger partial charge in [-0.15, -0.1) is 12.4 Å². The Bertz CT molecular complexity index is 148. The van der Waals surface area contributed by atoms with Crippen LogP contribution in [0.15, 0.2) is 0 Å². The molecule has 0 unspecified atom stereocenters. The van der Waals surface area contributed by atoms with Crippen LogP contribution in [0.4, 0.5) is 4.79 Å². The first-order valence-corrected chi connectivity index (χ1v) is 3.88. The predicted octanol–water partition coefficient (Wildman–Crippen LogP) is 0.770. The number of hydrogen-bond acceptors (Lipinski definition) is 2. The average molecular weight is 195 g/mol. The van der Waals surface area contributed by atoms with Crippen molar-refractivity contribution < 1.29 is 9.90 Å². The highest BCUT2D eigenvalue weighted by Gasteiger charge is 2.20. The maximum absolute atomic E-state index is 10.5. The molecule has 1 amide bonds. The Morgan fingerprint density at radius 2 is 2.00 bits per heavy atom. The van der Waals surface area contributed by atoms with Gasteiger partial charge in [0.05, 0.1) is 0 Å². The van der Waals surface area contributed by atoms with Gasteiger partial charge < -0.3 is 15.3 Å². The Hall–Kier alpha value is -0.480. The van der Waals surface area contributed by atoms with Gasteiger partial charge in [0.1, 0.15) is 0 Å². The second-order valence-corrected chi connectivity index (χ2v) is 2.87. The summed E-state index contributed by atoms with van der Waals surface area (Å²) in [5, 5.41) is 11.8. The maximum atomic E-state index is 10.5. The molecule has 72 valence electrons. The highest BCUT2D eigenvalue weighted by atomic mass is 35.5. The molecule has 0 aromatic rings. The minimum atomic E-state index is -0.822. The van der Waals surface area contributed by atoms with Crippen LogP contribution in [0, 0.1) is 0 Å². The fourth-order valence-electron chi connectivity index (χ4n) is 1.35. The van der Waals surface area contributed by atoms with E-state index in [2.05, 4.69) is 5.32 Å². The molecule has 1 heterocycles. The van der Waals surface area contributed by atoms with E-state index in [1.165, 1.54) is 4.90 Å². The lowest BCUT2D eigenvalue weighted by Gasteiger charge is -2.29. The van der Waals surface area contributed by atoms with E-state index in [0.717, 1.165) is 25.9 Å². The second kappa shape index (κ2) is 5.22. The summed E-state index contributed by atoms with van der Waals surface area (Å²) in [5.41, 5.74) is 0. The Kier molecular flexibility index (Phi) is 5.01. The minimum absolute atomic E-state index is 0. The smallest absolute Gasteiger partial charge is 0.407 e. The zero-order chi connectivity index (χ0) is 8.27. The molecule has 1 aliphatic rings. The minimum Gasteiger partial charge on any atom is -0.465 e. The molecule has 0 bridgehead atoms. The molecule has 4 nitrogen and oxygen atoms in total. The average Bonchev–Trinajstić information content (AvgIpc) is 2.05. The van der Waals surface area contributed by atoms with Crippen molar-refractivity contribution in [3.63, 3.8) is 0 Å². The third-order valence-electron chi connectivity index (χ3n) is 2.16. The summed E-state index contributed by atoms with van der Waals surface area (Å²) in [6.07, 6.45) is 1.04. The predicted molar refractivity (Wildman–Crippen MR) is 48.9 cm³/mol. The van der Waals surface area contributed by atoms with Crippen LogP contribution < -0.4 is 5.32 Å². The fraction of sp³-hybridized carbons (Fsp3) is 0.857. The first-order chi connectivity index (χ1) is 5.22. The summed E-state index contributed by atoms with van der Waals surface area (Å²) in [6, 6.07) is 0.216. The summed E-state index contributed by atoms with van der Waals surface area (Å²) < 4.78 is 0. The van der Waals surface area contributed by atoms with Gasteiger partial charge in [-0.05, 0) is 25.9 Å². The summed E-state index contributed by atoms with van der Waals surface area (Å²) in [5.74, 6) is 0. The molecule has 1 saturated heterocycles. The Balaban J connectivity index is 0.00000121. The third-order valence-corrected chi connectivity index (χ3v) is 2.16. The summed E-state index contributed by atoms with van der Waals surface area (Å²) in [7, 11) is 1.64. The number of nitrogens with one attached hydrogen (secondary N) is 1. The SMILES string of the molecule is CN(C(=O)O)C1CCNCC1.Cl. The van der Waals surface area contributed by atoms with Gasteiger partial charge in [-0.25, -0.2) is 4.79 Å². The molecule has 0 aliphatic carbocycles. The van der Waals surface area contributed by atoms with Crippen LogP contribution in [0.3, 0.4) is 0 Å². The quantitative estimate of drug-likeness (QED) is 0.649. The Morgan fingerprint density at radius 1 is 1.50 bits per heavy atom. The van der Waals surface area contributed by atoms with Gasteiger partial charge in [-0.3, -0.25) is 0 Å². The van der Waals surface area contributed by atoms with Gasteiger partial charge in [-0.2, -0.15) is 0 Å². The van der Waals surface area contributed by atoms with Gasteiger partial charge in [0.2, 0.25) is 0 Å². The van der Waals surface area contributed by atoms with Crippen LogP contribution >= 0.6 is 12.4 Å². The van der Waals surface area contributed by atoms with Gasteiger partial charge >= 0.3 is 6.09 Å². The first kappa shape index (κ1) is 11.5. The van der Waals surface area contributed by atoms with E-state index in [9.17, 15) is 4.79 Å². The highest BCUT2D eigenvalue weighted by molar-refractivity contribution is 5.85. The van der Waals surface area contributed by atoms with Gasteiger partial charge in [0.15, 0.2) is 0 Å². The Labute approximate surface area is 78.3 Å². The monoisotopic (exact) mass is 194 g/mol. The van der Waals surface area contributed by atoms with Crippen molar-refractivity contribution in [3.8, 4) is 0 Å². The van der Waals surface area contributed by atoms with E-state index >= 15 is 0 Å². The number of halogens is 1. The number of nitrogens with zero attached hydrogens (tertiary/aromatic N) is 1. The van der Waals surface area contributed by atoms with Crippen molar-refractivity contribution in [2.45, 2.75) is 18.9 Å². The molecular formula is C7H15ClN2O2. The molecule has 1 rings (SSSR count). The van der Waals surface area contributed by atoms with E-state index in [4.69, 9.17) is 5.11 Å². The number of hydrogen-bond donors (Lipinski definition) is 2. The van der Waals surface area contributed by atoms with Crippen LogP contribution in [0.1, 0.15) is 12.8 Å². The molecule has 0 aromatic carbocycles. The lowest BCUT2D eigenvalue weighted by atomic mass is 10.1. The van der Waals surface area contributed by atoms with Crippen LogP contribution in [-0.2, 0) is 0 Å². The molecule has 0 saturated carbocycles. The standard InChI is InChI=1S/C7H14N2O2.ClH/c1-9(7(10)11)6-2-4-8-5-3-6;/h6,8H,2-5H2,1H3,(H,10,11);1H. The Morgan fingerprint density at radius 3 is 2.42 bits per heavy atom. The van der Waals surface area contributed by atoms with E-state index in [1.807, 2.05) is 0 Å². The first-order valence-electron chi connectivity index (χ1n) is 3.88. The zero-order valence-corrected chi connectivity index (χ0v) is 7.93. The van der Waals surface area contributed by atoms with Crippen LogP contribution in [0.2, 0.25) is 0 Å². The van der Waals surface area contributed by atoms with E-state index in [1.54, 1.807) is 7.05 Å². The van der Waals surface area contributed by atoms with Gasteiger partial charge in [0.25, 0.3) is 0 Å². The van der Waals surface area contributed by atoms with Crippen LogP contribution in [0.25, 0.3) is 0 Å². The van der Waals surface area contributed by atoms with Crippen LogP contribution in [0.5, 0.6) is 0 Å². The van der Waals surface area contributed by atoms with Gasteiger partial charge in [0, 0.05) is 13.1 Å². The van der Waals surface area contributed by atoms with Crippen LogP contribution in [-0.4, -0.2) is 42.3 Å². The number of piperidine rings is 1. The number of rotatable bonds is 1. The molecule has 12 heavy (non-hydrogen) atoms. The summed E-state index contributed by atoms with van der Waals surface area (Å²) in [4.78, 5) is 11.9. The van der Waals surface area contributed by atoms with Crippen molar-refractivity contribution in [2.24, 2.45) is 0 Å². The molecule has 1 aliphatic heterocycles. The highest BCUT2D eigenvalue weighted by Crippen LogP contribution is 2.09. The fourth-order valence-corrected chi connectivity index (χ4v) is 1.35. The second-order valence-electron chi connectivity index (χ2n) is 2.87. The molecule has 0 radical (unpaired) electrons. The van der Waals surface area contributed by atoms with Crippen molar-refractivity contribution in [3.05, 3.63) is 0 Å². The summed E-state index contributed by atoms with van der Waals surface area (Å²) >= 11 is 0. The van der Waals surface area contributed by atoms with E-state index < -0.39 is 6.09 Å². The molecule has 5 heteroatoms. The summed E-state index contributed by atoms with van der Waals surface area (Å²) in [6.45, 7) is 1.87. The maximum Gasteiger partial charge on any atom is 0.407 e. The number of amides is 1. The normalized spacial score (nSPS) is 18.1. The van der Waals surface area contributed by atoms with Crippen molar-refractivity contribution in [1.82, 2.24) is 10.2 Å². The van der Waals surface area contributed by atoms with Crippen molar-refractivity contribution in [2.75, 3.05) is 20.1 Å². The van der Waals surface area contributed by atoms with E-state index in [0.29, 0.717) is 0 Å². The molecule has 0 aromatic heterocycles. The molecule has 2 N–H and O–H groups in total. The number of carbonyl (C=O) groups is 1. The van der Waals surface area contributed by atoms with Gasteiger partial charge in [-0.1, -0.05) is 0 Å². The molecule has 1 fully saturated rings. The molecule has 0 spiro atoms. The molecular weight excluding hydrogens is 180 g/mol.